The van der Waals surface area contributed by atoms with Crippen LogP contribution in [-0.4, -0.2) is 20.7 Å². The number of amides is 1. The molecule has 0 radical (unpaired) electrons. The maximum absolute atomic E-state index is 13.9. The van der Waals surface area contributed by atoms with Crippen molar-refractivity contribution in [3.05, 3.63) is 51.0 Å². The minimum absolute atomic E-state index is 0.0683. The summed E-state index contributed by atoms with van der Waals surface area (Å²) in [6, 6.07) is 4.23. The van der Waals surface area contributed by atoms with E-state index in [1.807, 2.05) is 0 Å². The fraction of sp³-hybridized carbons (Fsp3) is 0.294. The average Bonchev–Trinajstić information content (AvgIpc) is 2.96. The third-order valence-electron chi connectivity index (χ3n) is 3.67. The van der Waals surface area contributed by atoms with Crippen molar-refractivity contribution in [1.29, 1.82) is 0 Å². The van der Waals surface area contributed by atoms with Crippen molar-refractivity contribution >= 4 is 33.3 Å². The lowest BCUT2D eigenvalue weighted by Crippen LogP contribution is -2.23. The van der Waals surface area contributed by atoms with Crippen LogP contribution in [0.5, 0.6) is 0 Å². The molecule has 6 nitrogen and oxygen atoms in total. The zero-order valence-corrected chi connectivity index (χ0v) is 14.9. The number of anilines is 1. The molecule has 1 amide bonds. The molecule has 8 heteroatoms. The van der Waals surface area contributed by atoms with Crippen molar-refractivity contribution in [1.82, 2.24) is 14.8 Å². The predicted octanol–water partition coefficient (Wildman–Crippen LogP) is 2.98. The Morgan fingerprint density at radius 2 is 2.12 bits per heavy atom. The molecular weight excluding hydrogens is 343 g/mol. The number of para-hydroxylation sites is 1. The molecule has 0 bridgehead atoms. The van der Waals surface area contributed by atoms with Crippen LogP contribution in [0.25, 0.3) is 10.9 Å². The highest BCUT2D eigenvalue weighted by Gasteiger charge is 2.18. The Hall–Kier alpha value is -2.61. The molecule has 0 saturated carbocycles. The molecule has 0 atom stereocenters. The highest BCUT2D eigenvalue weighted by molar-refractivity contribution is 7.15. The Bertz CT molecular complexity index is 1010. The van der Waals surface area contributed by atoms with E-state index in [1.165, 1.54) is 40.3 Å². The number of aromatic nitrogens is 3. The molecule has 0 unspecified atom stereocenters. The van der Waals surface area contributed by atoms with Gasteiger partial charge in [-0.15, -0.1) is 10.2 Å². The van der Waals surface area contributed by atoms with E-state index in [0.717, 1.165) is 11.4 Å². The van der Waals surface area contributed by atoms with Crippen molar-refractivity contribution in [3.8, 4) is 0 Å². The van der Waals surface area contributed by atoms with Crippen LogP contribution in [0.1, 0.15) is 29.2 Å². The average molecular weight is 360 g/mol. The van der Waals surface area contributed by atoms with Gasteiger partial charge in [0.2, 0.25) is 10.6 Å². The molecule has 1 aromatic carbocycles. The van der Waals surface area contributed by atoms with E-state index in [2.05, 4.69) is 29.4 Å². The zero-order chi connectivity index (χ0) is 18.1. The van der Waals surface area contributed by atoms with Gasteiger partial charge in [0, 0.05) is 25.1 Å². The summed E-state index contributed by atoms with van der Waals surface area (Å²) in [5.41, 5.74) is -0.419. The second-order valence-electron chi connectivity index (χ2n) is 6.17. The van der Waals surface area contributed by atoms with Gasteiger partial charge in [0.1, 0.15) is 16.4 Å². The van der Waals surface area contributed by atoms with E-state index < -0.39 is 17.2 Å². The van der Waals surface area contributed by atoms with Crippen LogP contribution in [-0.2, 0) is 13.5 Å². The van der Waals surface area contributed by atoms with E-state index in [4.69, 9.17) is 0 Å². The summed E-state index contributed by atoms with van der Waals surface area (Å²) in [5, 5.41) is 11.9. The molecule has 2 heterocycles. The number of aryl methyl sites for hydroxylation is 1. The molecule has 0 aliphatic heterocycles. The maximum Gasteiger partial charge on any atom is 0.262 e. The number of nitrogens with zero attached hydrogens (tertiary/aromatic N) is 3. The first-order valence-electron chi connectivity index (χ1n) is 7.78. The van der Waals surface area contributed by atoms with Gasteiger partial charge >= 0.3 is 0 Å². The SMILES string of the molecule is CC(C)Cc1nnc(NC(=O)c2cn(C)c3c(F)cccc3c2=O)s1. The van der Waals surface area contributed by atoms with Crippen molar-refractivity contribution in [3.63, 3.8) is 0 Å². The van der Waals surface area contributed by atoms with Gasteiger partial charge in [0.25, 0.3) is 5.91 Å². The number of rotatable bonds is 4. The Balaban J connectivity index is 1.94. The predicted molar refractivity (Wildman–Crippen MR) is 95.6 cm³/mol. The molecule has 3 rings (SSSR count). The molecule has 0 saturated heterocycles. The lowest BCUT2D eigenvalue weighted by atomic mass is 10.1. The molecule has 0 fully saturated rings. The first-order chi connectivity index (χ1) is 11.9. The molecule has 1 N–H and O–H groups in total. The minimum atomic E-state index is -0.584. The second-order valence-corrected chi connectivity index (χ2v) is 7.23. The van der Waals surface area contributed by atoms with Crippen LogP contribution in [0, 0.1) is 11.7 Å². The number of hydrogen-bond acceptors (Lipinski definition) is 5. The normalized spacial score (nSPS) is 11.2. The quantitative estimate of drug-likeness (QED) is 0.776. The van der Waals surface area contributed by atoms with Crippen molar-refractivity contribution < 1.29 is 9.18 Å². The number of pyridine rings is 1. The highest BCUT2D eigenvalue weighted by Crippen LogP contribution is 2.19. The number of halogens is 1. The van der Waals surface area contributed by atoms with Gasteiger partial charge in [-0.1, -0.05) is 31.3 Å². The van der Waals surface area contributed by atoms with Crippen molar-refractivity contribution in [2.24, 2.45) is 13.0 Å². The van der Waals surface area contributed by atoms with E-state index in [-0.39, 0.29) is 16.5 Å². The van der Waals surface area contributed by atoms with E-state index >= 15 is 0 Å². The molecule has 2 aromatic heterocycles. The summed E-state index contributed by atoms with van der Waals surface area (Å²) in [7, 11) is 1.59. The molecule has 130 valence electrons. The van der Waals surface area contributed by atoms with Gasteiger partial charge in [-0.25, -0.2) is 4.39 Å². The number of hydrogen-bond donors (Lipinski definition) is 1. The number of benzene rings is 1. The van der Waals surface area contributed by atoms with E-state index in [0.29, 0.717) is 11.0 Å². The van der Waals surface area contributed by atoms with Gasteiger partial charge in [-0.3, -0.25) is 14.9 Å². The smallest absolute Gasteiger partial charge is 0.262 e. The van der Waals surface area contributed by atoms with Crippen LogP contribution in [0.3, 0.4) is 0 Å². The number of carbonyl (C=O) groups is 1. The lowest BCUT2D eigenvalue weighted by Gasteiger charge is -2.09. The number of fused-ring (bicyclic) bond motifs is 1. The fourth-order valence-electron chi connectivity index (χ4n) is 2.58. The first kappa shape index (κ1) is 17.2. The standard InChI is InChI=1S/C17H17FN4O2S/c1-9(2)7-13-20-21-17(25-13)19-16(24)11-8-22(3)14-10(15(11)23)5-4-6-12(14)18/h4-6,8-9H,7H2,1-3H3,(H,19,21,24). The Morgan fingerprint density at radius 3 is 2.84 bits per heavy atom. The number of nitrogens with one attached hydrogen (secondary N) is 1. The summed E-state index contributed by atoms with van der Waals surface area (Å²) in [5.74, 6) is -0.662. The highest BCUT2D eigenvalue weighted by atomic mass is 32.1. The molecule has 0 aliphatic rings. The van der Waals surface area contributed by atoms with Gasteiger partial charge in [0.05, 0.1) is 5.52 Å². The Kier molecular flexibility index (Phi) is 4.63. The third-order valence-corrected chi connectivity index (χ3v) is 4.53. The summed E-state index contributed by atoms with van der Waals surface area (Å²) in [6.45, 7) is 4.13. The zero-order valence-electron chi connectivity index (χ0n) is 14.0. The Morgan fingerprint density at radius 1 is 1.36 bits per heavy atom. The van der Waals surface area contributed by atoms with E-state index in [1.54, 1.807) is 7.05 Å². The van der Waals surface area contributed by atoms with Crippen molar-refractivity contribution in [2.45, 2.75) is 20.3 Å². The molecule has 25 heavy (non-hydrogen) atoms. The van der Waals surface area contributed by atoms with Crippen LogP contribution in [0.4, 0.5) is 9.52 Å². The fourth-order valence-corrected chi connectivity index (χ4v) is 3.53. The number of carbonyl (C=O) groups excluding carboxylic acids is 1. The van der Waals surface area contributed by atoms with Gasteiger partial charge < -0.3 is 4.57 Å². The topological polar surface area (TPSA) is 76.9 Å². The van der Waals surface area contributed by atoms with Gasteiger partial charge in [0.15, 0.2) is 0 Å². The summed E-state index contributed by atoms with van der Waals surface area (Å²) in [6.07, 6.45) is 2.10. The minimum Gasteiger partial charge on any atom is -0.347 e. The summed E-state index contributed by atoms with van der Waals surface area (Å²) >= 11 is 1.28. The van der Waals surface area contributed by atoms with Crippen LogP contribution in [0.15, 0.2) is 29.2 Å². The Labute approximate surface area is 147 Å². The van der Waals surface area contributed by atoms with Crippen LogP contribution in [0.2, 0.25) is 0 Å². The van der Waals surface area contributed by atoms with Gasteiger partial charge in [-0.2, -0.15) is 0 Å². The molecular formula is C17H17FN4O2S. The summed E-state index contributed by atoms with van der Waals surface area (Å²) < 4.78 is 15.4. The first-order valence-corrected chi connectivity index (χ1v) is 8.60. The van der Waals surface area contributed by atoms with Crippen LogP contribution < -0.4 is 10.7 Å². The van der Waals surface area contributed by atoms with Crippen molar-refractivity contribution in [2.75, 3.05) is 5.32 Å². The lowest BCUT2D eigenvalue weighted by molar-refractivity contribution is 0.102. The van der Waals surface area contributed by atoms with Gasteiger partial charge in [-0.05, 0) is 18.1 Å². The summed E-state index contributed by atoms with van der Waals surface area (Å²) in [4.78, 5) is 25.0. The largest absolute Gasteiger partial charge is 0.347 e. The van der Waals surface area contributed by atoms with Crippen LogP contribution >= 0.6 is 11.3 Å². The molecule has 0 aliphatic carbocycles. The molecule has 0 spiro atoms. The van der Waals surface area contributed by atoms with E-state index in [9.17, 15) is 14.0 Å². The third kappa shape index (κ3) is 3.43. The molecule has 3 aromatic rings. The monoisotopic (exact) mass is 360 g/mol. The maximum atomic E-state index is 13.9. The second kappa shape index (κ2) is 6.72.